The summed E-state index contributed by atoms with van der Waals surface area (Å²) in [6, 6.07) is 9.06. The molecule has 7 nitrogen and oxygen atoms in total. The maximum Gasteiger partial charge on any atom is 0.224 e. The van der Waals surface area contributed by atoms with Crippen molar-refractivity contribution in [3.8, 4) is 23.3 Å². The number of aliphatic hydroxyl groups is 1. The smallest absolute Gasteiger partial charge is 0.224 e. The summed E-state index contributed by atoms with van der Waals surface area (Å²) in [6.45, 7) is 1.98. The van der Waals surface area contributed by atoms with E-state index in [1.807, 2.05) is 0 Å². The first kappa shape index (κ1) is 19.1. The van der Waals surface area contributed by atoms with E-state index in [9.17, 15) is 5.11 Å². The van der Waals surface area contributed by atoms with Crippen molar-refractivity contribution in [3.63, 3.8) is 0 Å². The summed E-state index contributed by atoms with van der Waals surface area (Å²) in [6.07, 6.45) is 2.86. The van der Waals surface area contributed by atoms with Gasteiger partial charge in [0.1, 0.15) is 11.6 Å². The molecule has 0 aliphatic heterocycles. The zero-order valence-corrected chi connectivity index (χ0v) is 15.9. The minimum Gasteiger partial charge on any atom is -0.392 e. The van der Waals surface area contributed by atoms with Gasteiger partial charge in [0, 0.05) is 18.3 Å². The molecule has 1 aromatic carbocycles. The maximum absolute atomic E-state index is 9.43. The highest BCUT2D eigenvalue weighted by Gasteiger charge is 2.16. The maximum atomic E-state index is 9.43. The predicted molar refractivity (Wildman–Crippen MR) is 104 cm³/mol. The molecule has 2 heterocycles. The molecule has 27 heavy (non-hydrogen) atoms. The number of halogens is 2. The Balaban J connectivity index is 2.08. The highest BCUT2D eigenvalue weighted by molar-refractivity contribution is 6.42. The molecular weight excluding hydrogens is 387 g/mol. The van der Waals surface area contributed by atoms with Gasteiger partial charge in [-0.3, -0.25) is 4.57 Å². The molecule has 0 unspecified atom stereocenters. The fraction of sp³-hybridized carbons (Fsp3) is 0.222. The van der Waals surface area contributed by atoms with E-state index < -0.39 is 6.10 Å². The number of benzene rings is 1. The third-order valence-corrected chi connectivity index (χ3v) is 4.44. The van der Waals surface area contributed by atoms with Crippen LogP contribution < -0.4 is 5.32 Å². The van der Waals surface area contributed by atoms with Crippen molar-refractivity contribution >= 4 is 29.2 Å². The van der Waals surface area contributed by atoms with Gasteiger partial charge in [-0.1, -0.05) is 23.2 Å². The van der Waals surface area contributed by atoms with Gasteiger partial charge in [-0.25, -0.2) is 9.97 Å². The third-order valence-electron chi connectivity index (χ3n) is 3.70. The minimum absolute atomic E-state index is 0.161. The molecule has 9 heteroatoms. The van der Waals surface area contributed by atoms with E-state index in [1.54, 1.807) is 48.1 Å². The molecule has 3 rings (SSSR count). The monoisotopic (exact) mass is 402 g/mol. The quantitative estimate of drug-likeness (QED) is 0.654. The topological polar surface area (TPSA) is 99.7 Å². The van der Waals surface area contributed by atoms with E-state index in [0.29, 0.717) is 39.9 Å². The summed E-state index contributed by atoms with van der Waals surface area (Å²) in [5.41, 5.74) is 1.42. The standard InChI is InChI=1S/C18H16Cl2N6O/c1-11(27)9-24-18-22-7-5-16(25-18)26-13(4-6-21)10-23-17(26)12-2-3-14(19)15(20)8-12/h2-3,5,7-8,10-11,27H,4,9H2,1H3,(H,22,24,25)/t11-/m1/s1. The second kappa shape index (κ2) is 8.35. The predicted octanol–water partition coefficient (Wildman–Crippen LogP) is 3.49. The van der Waals surface area contributed by atoms with E-state index in [0.717, 1.165) is 5.56 Å². The molecule has 0 aliphatic carbocycles. The van der Waals surface area contributed by atoms with Gasteiger partial charge in [-0.05, 0) is 31.2 Å². The van der Waals surface area contributed by atoms with Crippen LogP contribution in [0, 0.1) is 11.3 Å². The van der Waals surface area contributed by atoms with Gasteiger partial charge in [0.05, 0.1) is 40.5 Å². The van der Waals surface area contributed by atoms with Gasteiger partial charge in [0.25, 0.3) is 0 Å². The van der Waals surface area contributed by atoms with Crippen LogP contribution in [0.4, 0.5) is 5.95 Å². The zero-order chi connectivity index (χ0) is 19.4. The van der Waals surface area contributed by atoms with E-state index in [-0.39, 0.29) is 6.42 Å². The lowest BCUT2D eigenvalue weighted by Gasteiger charge is -2.12. The molecule has 0 bridgehead atoms. The fourth-order valence-electron chi connectivity index (χ4n) is 2.49. The SMILES string of the molecule is C[C@@H](O)CNc1nccc(-n2c(CC#N)cnc2-c2ccc(Cl)c(Cl)c2)n1. The van der Waals surface area contributed by atoms with E-state index in [1.165, 1.54) is 0 Å². The Hall–Kier alpha value is -2.66. The lowest BCUT2D eigenvalue weighted by Crippen LogP contribution is -2.17. The summed E-state index contributed by atoms with van der Waals surface area (Å²) in [5.74, 6) is 1.49. The molecule has 2 aromatic heterocycles. The van der Waals surface area contributed by atoms with Crippen LogP contribution in [0.5, 0.6) is 0 Å². The molecule has 0 saturated heterocycles. The van der Waals surface area contributed by atoms with Gasteiger partial charge < -0.3 is 10.4 Å². The first-order valence-electron chi connectivity index (χ1n) is 8.14. The number of hydrogen-bond acceptors (Lipinski definition) is 6. The summed E-state index contributed by atoms with van der Waals surface area (Å²) in [7, 11) is 0. The summed E-state index contributed by atoms with van der Waals surface area (Å²) >= 11 is 12.2. The van der Waals surface area contributed by atoms with Gasteiger partial charge in [-0.2, -0.15) is 10.2 Å². The van der Waals surface area contributed by atoms with Gasteiger partial charge in [0.15, 0.2) is 0 Å². The van der Waals surface area contributed by atoms with Crippen LogP contribution in [-0.2, 0) is 6.42 Å². The Morgan fingerprint density at radius 3 is 2.78 bits per heavy atom. The molecule has 0 radical (unpaired) electrons. The van der Waals surface area contributed by atoms with Crippen molar-refractivity contribution in [1.82, 2.24) is 19.5 Å². The number of nitriles is 1. The number of hydrogen-bond donors (Lipinski definition) is 2. The Labute approximate surface area is 166 Å². The van der Waals surface area contributed by atoms with Crippen LogP contribution in [0.15, 0.2) is 36.7 Å². The van der Waals surface area contributed by atoms with Crippen molar-refractivity contribution in [3.05, 3.63) is 52.4 Å². The average Bonchev–Trinajstić information content (AvgIpc) is 3.06. The van der Waals surface area contributed by atoms with Crippen LogP contribution in [-0.4, -0.2) is 37.3 Å². The van der Waals surface area contributed by atoms with Crippen LogP contribution in [0.2, 0.25) is 10.0 Å². The first-order valence-corrected chi connectivity index (χ1v) is 8.89. The number of nitrogens with one attached hydrogen (secondary N) is 1. The first-order chi connectivity index (χ1) is 13.0. The molecule has 0 saturated carbocycles. The largest absolute Gasteiger partial charge is 0.392 e. The van der Waals surface area contributed by atoms with Gasteiger partial charge >= 0.3 is 0 Å². The molecule has 3 aromatic rings. The van der Waals surface area contributed by atoms with E-state index in [2.05, 4.69) is 26.3 Å². The summed E-state index contributed by atoms with van der Waals surface area (Å²) in [5, 5.41) is 22.4. The second-order valence-electron chi connectivity index (χ2n) is 5.84. The summed E-state index contributed by atoms with van der Waals surface area (Å²) in [4.78, 5) is 13.1. The molecule has 2 N–H and O–H groups in total. The number of aliphatic hydroxyl groups excluding tert-OH is 1. The van der Waals surface area contributed by atoms with E-state index >= 15 is 0 Å². The number of aromatic nitrogens is 4. The Bertz CT molecular complexity index is 996. The zero-order valence-electron chi connectivity index (χ0n) is 14.4. The number of nitrogens with zero attached hydrogens (tertiary/aromatic N) is 5. The highest BCUT2D eigenvalue weighted by Crippen LogP contribution is 2.30. The normalized spacial score (nSPS) is 11.8. The highest BCUT2D eigenvalue weighted by atomic mass is 35.5. The Kier molecular flexibility index (Phi) is 5.91. The second-order valence-corrected chi connectivity index (χ2v) is 6.66. The molecule has 0 spiro atoms. The third kappa shape index (κ3) is 4.37. The molecule has 1 atom stereocenters. The summed E-state index contributed by atoms with van der Waals surface area (Å²) < 4.78 is 1.78. The van der Waals surface area contributed by atoms with Crippen molar-refractivity contribution in [1.29, 1.82) is 5.26 Å². The van der Waals surface area contributed by atoms with Crippen LogP contribution in [0.1, 0.15) is 12.6 Å². The molecule has 138 valence electrons. The van der Waals surface area contributed by atoms with Gasteiger partial charge in [0.2, 0.25) is 5.95 Å². The minimum atomic E-state index is -0.536. The fourth-order valence-corrected chi connectivity index (χ4v) is 2.78. The molecular formula is C18H16Cl2N6O. The van der Waals surface area contributed by atoms with Crippen molar-refractivity contribution < 1.29 is 5.11 Å². The van der Waals surface area contributed by atoms with E-state index in [4.69, 9.17) is 28.5 Å². The number of rotatable bonds is 6. The molecule has 0 aliphatic rings. The Morgan fingerprint density at radius 1 is 1.26 bits per heavy atom. The van der Waals surface area contributed by atoms with Crippen LogP contribution in [0.25, 0.3) is 17.2 Å². The van der Waals surface area contributed by atoms with Gasteiger partial charge in [-0.15, -0.1) is 0 Å². The van der Waals surface area contributed by atoms with Crippen LogP contribution >= 0.6 is 23.2 Å². The Morgan fingerprint density at radius 2 is 2.07 bits per heavy atom. The average molecular weight is 403 g/mol. The molecule has 0 fully saturated rings. The van der Waals surface area contributed by atoms with Crippen molar-refractivity contribution in [2.75, 3.05) is 11.9 Å². The lowest BCUT2D eigenvalue weighted by atomic mass is 10.2. The van der Waals surface area contributed by atoms with Crippen LogP contribution in [0.3, 0.4) is 0 Å². The van der Waals surface area contributed by atoms with Crippen molar-refractivity contribution in [2.45, 2.75) is 19.4 Å². The molecule has 0 amide bonds. The number of anilines is 1. The van der Waals surface area contributed by atoms with Crippen molar-refractivity contribution in [2.24, 2.45) is 0 Å². The lowest BCUT2D eigenvalue weighted by molar-refractivity contribution is 0.208. The number of imidazole rings is 1.